The predicted octanol–water partition coefficient (Wildman–Crippen LogP) is 7.45. The smallest absolute Gasteiger partial charge is 0.425 e. The van der Waals surface area contributed by atoms with E-state index in [1.54, 1.807) is 55.4 Å². The molecule has 3 aliphatic heterocycles. The minimum Gasteiger partial charge on any atom is -0.443 e. The van der Waals surface area contributed by atoms with Gasteiger partial charge in [0.25, 0.3) is 16.7 Å². The van der Waals surface area contributed by atoms with Crippen molar-refractivity contribution in [3.8, 4) is 0 Å². The molecule has 0 amide bonds. The molecule has 3 fully saturated rings. The lowest BCUT2D eigenvalue weighted by molar-refractivity contribution is -0.0459. The van der Waals surface area contributed by atoms with Crippen molar-refractivity contribution < 1.29 is 52.3 Å². The van der Waals surface area contributed by atoms with Crippen LogP contribution in [-0.2, 0) is 37.9 Å². The molecule has 0 aliphatic carbocycles. The molecule has 3 aromatic heterocycles. The zero-order valence-electron chi connectivity index (χ0n) is 50.5. The summed E-state index contributed by atoms with van der Waals surface area (Å²) in [6.45, 7) is 38.7. The summed E-state index contributed by atoms with van der Waals surface area (Å²) in [5.41, 5.74) is -4.73. The highest BCUT2D eigenvalue weighted by atomic mass is 79.9. The van der Waals surface area contributed by atoms with E-state index < -0.39 is 105 Å². The second-order valence-electron chi connectivity index (χ2n) is 25.7. The molecule has 6 heterocycles. The molecule has 452 valence electrons. The first kappa shape index (κ1) is 68.1. The fourth-order valence-corrected chi connectivity index (χ4v) is 11.5. The van der Waals surface area contributed by atoms with E-state index in [1.807, 2.05) is 13.8 Å². The number of nitrogens with one attached hydrogen (secondary N) is 1. The number of aromatic nitrogens is 6. The number of aromatic amines is 1. The monoisotopic (exact) mass is 1230 g/mol. The SMILES string of the molecule is CC[C@H]1O[C@@H](n2cc(C)c(=O)n(C(=O)OC(C)(C)C)c2=O)CC1O[Si](C)(C)C(C)(C)C.CC[C@H]1O[C@@H](n2cc(CBr)c(=O)n(C(=O)OC(C)(C)C)c2=O)CC1O[Si](C)(C)C(C)(C)C.Cc1cn([C@H]2CC(O)[C@@H](CO)O2)c(=O)[nH]c1=O. The van der Waals surface area contributed by atoms with Crippen molar-refractivity contribution in [1.82, 2.24) is 27.8 Å². The predicted molar refractivity (Wildman–Crippen MR) is 310 cm³/mol. The van der Waals surface area contributed by atoms with E-state index in [9.17, 15) is 43.5 Å². The van der Waals surface area contributed by atoms with Crippen LogP contribution in [-0.4, -0.2) is 121 Å². The van der Waals surface area contributed by atoms with Crippen LogP contribution in [0.5, 0.6) is 0 Å². The number of aliphatic hydroxyl groups excluding tert-OH is 2. The average molecular weight is 1230 g/mol. The van der Waals surface area contributed by atoms with Crippen molar-refractivity contribution >= 4 is 44.8 Å². The maximum absolute atomic E-state index is 13.2. The van der Waals surface area contributed by atoms with Gasteiger partial charge < -0.3 is 42.7 Å². The molecule has 0 spiro atoms. The van der Waals surface area contributed by atoms with E-state index in [4.69, 9.17) is 37.6 Å². The number of alkyl halides is 1. The van der Waals surface area contributed by atoms with Crippen LogP contribution in [0.2, 0.25) is 36.3 Å². The van der Waals surface area contributed by atoms with Gasteiger partial charge in [0.1, 0.15) is 36.0 Å². The number of carbonyl (C=O) groups is 2. The summed E-state index contributed by atoms with van der Waals surface area (Å²) in [6.07, 6.45) is 0.775. The minimum atomic E-state index is -2.06. The lowest BCUT2D eigenvalue weighted by Gasteiger charge is -2.39. The van der Waals surface area contributed by atoms with Crippen LogP contribution in [0, 0.1) is 13.8 Å². The van der Waals surface area contributed by atoms with Crippen molar-refractivity contribution in [1.29, 1.82) is 0 Å². The Morgan fingerprint density at radius 1 is 0.625 bits per heavy atom. The molecule has 9 atom stereocenters. The number of ether oxygens (including phenoxy) is 5. The number of H-pyrrole nitrogens is 1. The van der Waals surface area contributed by atoms with Gasteiger partial charge in [0.2, 0.25) is 0 Å². The first-order valence-electron chi connectivity index (χ1n) is 27.2. The van der Waals surface area contributed by atoms with Gasteiger partial charge in [-0.3, -0.25) is 33.1 Å². The Kier molecular flexibility index (Phi) is 22.2. The summed E-state index contributed by atoms with van der Waals surface area (Å²) in [4.78, 5) is 102. The first-order chi connectivity index (χ1) is 36.5. The molecule has 6 rings (SSSR count). The number of rotatable bonds is 11. The molecule has 0 saturated carbocycles. The van der Waals surface area contributed by atoms with Gasteiger partial charge in [0.15, 0.2) is 16.6 Å². The summed E-state index contributed by atoms with van der Waals surface area (Å²) in [5, 5.41) is 18.8. The molecule has 23 nitrogen and oxygen atoms in total. The van der Waals surface area contributed by atoms with Gasteiger partial charge in [0.05, 0.1) is 37.1 Å². The lowest BCUT2D eigenvalue weighted by Crippen LogP contribution is -2.47. The third kappa shape index (κ3) is 16.4. The average Bonchev–Trinajstić information content (AvgIpc) is 4.02. The molecule has 80 heavy (non-hydrogen) atoms. The number of aliphatic hydroxyl groups is 2. The third-order valence-electron chi connectivity index (χ3n) is 14.9. The largest absolute Gasteiger partial charge is 0.443 e. The summed E-state index contributed by atoms with van der Waals surface area (Å²) >= 11 is 3.28. The van der Waals surface area contributed by atoms with E-state index in [0.29, 0.717) is 27.5 Å². The molecule has 0 bridgehead atoms. The molecule has 3 N–H and O–H groups in total. The van der Waals surface area contributed by atoms with Gasteiger partial charge in [-0.25, -0.2) is 24.0 Å². The maximum atomic E-state index is 13.2. The van der Waals surface area contributed by atoms with Crippen molar-refractivity contribution in [2.75, 3.05) is 6.61 Å². The van der Waals surface area contributed by atoms with Gasteiger partial charge in [-0.15, -0.1) is 0 Å². The number of aryl methyl sites for hydroxylation is 2. The Morgan fingerprint density at radius 2 is 1.01 bits per heavy atom. The van der Waals surface area contributed by atoms with Crippen molar-refractivity contribution in [2.24, 2.45) is 0 Å². The Morgan fingerprint density at radius 3 is 1.39 bits per heavy atom. The Balaban J connectivity index is 0.000000270. The lowest BCUT2D eigenvalue weighted by atomic mass is 10.1. The summed E-state index contributed by atoms with van der Waals surface area (Å²) in [5.74, 6) is 0. The van der Waals surface area contributed by atoms with Gasteiger partial charge in [-0.2, -0.15) is 9.13 Å². The van der Waals surface area contributed by atoms with Crippen molar-refractivity contribution in [3.05, 3.63) is 97.8 Å². The fraction of sp³-hybridized carbons (Fsp3) is 0.741. The highest BCUT2D eigenvalue weighted by Gasteiger charge is 2.47. The normalized spacial score (nSPS) is 23.7. The molecule has 26 heteroatoms. The summed E-state index contributed by atoms with van der Waals surface area (Å²) in [7, 11) is -4.10. The molecular weight excluding hydrogens is 1140 g/mol. The zero-order valence-corrected chi connectivity index (χ0v) is 54.1. The zero-order chi connectivity index (χ0) is 61.2. The molecule has 0 radical (unpaired) electrons. The molecule has 0 aromatic carbocycles. The molecule has 3 unspecified atom stereocenters. The van der Waals surface area contributed by atoms with E-state index in [1.165, 1.54) is 32.3 Å². The van der Waals surface area contributed by atoms with Crippen LogP contribution >= 0.6 is 15.9 Å². The van der Waals surface area contributed by atoms with Crippen LogP contribution in [0.15, 0.2) is 47.4 Å². The van der Waals surface area contributed by atoms with Gasteiger partial charge >= 0.3 is 29.3 Å². The summed E-state index contributed by atoms with van der Waals surface area (Å²) in [6, 6.07) is 0. The second-order valence-corrected chi connectivity index (χ2v) is 35.8. The molecular formula is C54H89BrN6O17Si2. The molecule has 3 aliphatic rings. The number of carbonyl (C=O) groups excluding carboxylic acids is 2. The van der Waals surface area contributed by atoms with Crippen LogP contribution in [0.1, 0.15) is 164 Å². The Bertz CT molecular complexity index is 3040. The van der Waals surface area contributed by atoms with Gasteiger partial charge in [0, 0.05) is 59.9 Å². The van der Waals surface area contributed by atoms with Crippen molar-refractivity contribution in [3.63, 3.8) is 0 Å². The number of hydrogen-bond donors (Lipinski definition) is 3. The van der Waals surface area contributed by atoms with E-state index in [-0.39, 0.29) is 64.0 Å². The molecule has 3 aromatic rings. The second kappa shape index (κ2) is 26.0. The standard InChI is InChI=1S/C22H37BrN2O6Si.C22H38N2O6Si.C10H14N2O5/c1-10-15-16(31-32(8,9)22(5,6)7)11-17(29-15)24-13-14(12-23)18(26)25(19(24)27)20(28)30-21(2,3)4;1-11-15-16(30-31(9,10)22(6,7)8)12-17(28-15)23-13-14(2)18(25)24(19(23)26)20(27)29-21(3,4)5;1-5-3-12(10(16)11-9(5)15)8-2-6(14)7(4-13)17-8/h13,15-17H,10-12H2,1-9H3;13,15-17H,11-12H2,1-10H3;3,6-8,13-14H,2,4H2,1H3,(H,11,15,16)/t2*15-,16?,17-;6?,7-,8-/m111/s1. The fourth-order valence-electron chi connectivity index (χ4n) is 8.44. The quantitative estimate of drug-likeness (QED) is 0.124. The Labute approximate surface area is 478 Å². The summed E-state index contributed by atoms with van der Waals surface area (Å²) < 4.78 is 46.4. The van der Waals surface area contributed by atoms with Crippen LogP contribution < -0.4 is 33.7 Å². The topological polar surface area (TPSA) is 282 Å². The van der Waals surface area contributed by atoms with E-state index in [2.05, 4.69) is 88.6 Å². The van der Waals surface area contributed by atoms with Gasteiger partial charge in [-0.05, 0) is 104 Å². The van der Waals surface area contributed by atoms with E-state index in [0.717, 1.165) is 12.8 Å². The number of halogens is 1. The third-order valence-corrected chi connectivity index (χ3v) is 24.5. The Hall–Kier alpha value is -4.39. The van der Waals surface area contributed by atoms with Crippen LogP contribution in [0.3, 0.4) is 0 Å². The van der Waals surface area contributed by atoms with E-state index >= 15 is 0 Å². The van der Waals surface area contributed by atoms with Crippen LogP contribution in [0.4, 0.5) is 9.59 Å². The molecule has 3 saturated heterocycles. The number of nitrogens with zero attached hydrogens (tertiary/aromatic N) is 5. The highest BCUT2D eigenvalue weighted by Crippen LogP contribution is 2.43. The number of hydrogen-bond acceptors (Lipinski definition) is 17. The minimum absolute atomic E-state index is 0.0350. The first-order valence-corrected chi connectivity index (χ1v) is 34.1. The highest BCUT2D eigenvalue weighted by molar-refractivity contribution is 9.08. The maximum Gasteiger partial charge on any atom is 0.425 e. The van der Waals surface area contributed by atoms with Crippen LogP contribution in [0.25, 0.3) is 0 Å². The van der Waals surface area contributed by atoms with Gasteiger partial charge in [-0.1, -0.05) is 71.3 Å². The van der Waals surface area contributed by atoms with Crippen molar-refractivity contribution in [2.45, 2.75) is 251 Å².